The van der Waals surface area contributed by atoms with E-state index in [0.29, 0.717) is 38.5 Å². The van der Waals surface area contributed by atoms with Crippen LogP contribution in [0.25, 0.3) is 0 Å². The van der Waals surface area contributed by atoms with Crippen molar-refractivity contribution in [3.63, 3.8) is 0 Å². The third-order valence-corrected chi connectivity index (χ3v) is 17.4. The molecule has 0 aliphatic heterocycles. The standard InChI is InChI=1S/C87H138O17P2/c1-5-9-13-17-21-25-29-33-36-39-40-43-45-49-52-56-60-64-68-72-85(90)98-78-83(104-87(92)74-70-66-62-58-54-50-46-42-38-35-31-27-23-19-15-11-7-3)80-102-106(95,96)100-76-81(88)75-99-105(93,94)101-79-82(103-86(91)73-69-65-61-57-53-47-32-28-24-20-16-12-8-4)77-97-84(89)71-67-63-59-55-51-48-44-41-37-34-30-26-22-18-14-10-6-2/h9-11,13-16,20-23,25-28,32-38,40,43-44,48-49,52,55,59-60,64,81-83,88H,5-8,12,17-19,24,29-31,39,41-42,45-47,50-51,53-54,56-58,61-63,65-80H2,1-4H3,(H,93,94)(H,95,96)/b13-9-,14-10-,15-11-,20-16-,25-21-,26-22-,27-23-,32-28-,36-33-,37-34-,38-35-,43-40-,48-44-,52-49-,59-55-,64-60-. The minimum absolute atomic E-state index is 0.0251. The monoisotopic (exact) mass is 1520 g/mol. The third kappa shape index (κ3) is 76.1. The molecule has 0 fully saturated rings. The lowest BCUT2D eigenvalue weighted by atomic mass is 10.1. The summed E-state index contributed by atoms with van der Waals surface area (Å²) in [7, 11) is -10.0. The first-order valence-electron chi connectivity index (χ1n) is 39.7. The first kappa shape index (κ1) is 99.9. The summed E-state index contributed by atoms with van der Waals surface area (Å²) in [6.45, 7) is 4.26. The molecule has 0 aromatic carbocycles. The lowest BCUT2D eigenvalue weighted by Crippen LogP contribution is -2.30. The Bertz CT molecular complexity index is 2780. The van der Waals surface area contributed by atoms with Gasteiger partial charge in [0.15, 0.2) is 12.2 Å². The molecule has 0 aliphatic carbocycles. The smallest absolute Gasteiger partial charge is 0.462 e. The van der Waals surface area contributed by atoms with Crippen LogP contribution in [0.3, 0.4) is 0 Å². The lowest BCUT2D eigenvalue weighted by molar-refractivity contribution is -0.161. The van der Waals surface area contributed by atoms with Crippen LogP contribution in [-0.4, -0.2) is 96.7 Å². The second-order valence-electron chi connectivity index (χ2n) is 25.5. The highest BCUT2D eigenvalue weighted by Crippen LogP contribution is 2.45. The van der Waals surface area contributed by atoms with Crippen molar-refractivity contribution in [1.82, 2.24) is 0 Å². The minimum atomic E-state index is -5.01. The van der Waals surface area contributed by atoms with E-state index in [1.54, 1.807) is 0 Å². The fraction of sp³-hybridized carbons (Fsp3) is 0.586. The zero-order valence-electron chi connectivity index (χ0n) is 65.3. The maximum atomic E-state index is 13.1. The quantitative estimate of drug-likeness (QED) is 0.0169. The Morgan fingerprint density at radius 1 is 0.274 bits per heavy atom. The minimum Gasteiger partial charge on any atom is -0.462 e. The zero-order valence-corrected chi connectivity index (χ0v) is 67.1. The van der Waals surface area contributed by atoms with Gasteiger partial charge in [-0.15, -0.1) is 0 Å². The predicted molar refractivity (Wildman–Crippen MR) is 436 cm³/mol. The Morgan fingerprint density at radius 2 is 0.519 bits per heavy atom. The van der Waals surface area contributed by atoms with Crippen LogP contribution in [0.2, 0.25) is 0 Å². The molecule has 0 aromatic heterocycles. The Kier molecular flexibility index (Phi) is 72.6. The molecule has 0 heterocycles. The van der Waals surface area contributed by atoms with Crippen molar-refractivity contribution in [3.05, 3.63) is 194 Å². The van der Waals surface area contributed by atoms with Gasteiger partial charge < -0.3 is 33.8 Å². The summed E-state index contributed by atoms with van der Waals surface area (Å²) < 4.78 is 68.4. The average molecular weight is 1520 g/mol. The number of rotatable bonds is 72. The molecule has 0 aromatic rings. The van der Waals surface area contributed by atoms with Gasteiger partial charge in [-0.3, -0.25) is 37.3 Å². The number of allylic oxidation sites excluding steroid dienone is 32. The molecule has 598 valence electrons. The number of ether oxygens (including phenoxy) is 4. The van der Waals surface area contributed by atoms with Crippen molar-refractivity contribution < 1.29 is 80.2 Å². The molecule has 0 spiro atoms. The van der Waals surface area contributed by atoms with E-state index >= 15 is 0 Å². The van der Waals surface area contributed by atoms with Crippen LogP contribution in [0.4, 0.5) is 0 Å². The molecule has 0 bridgehead atoms. The number of phosphoric acid groups is 2. The Hall–Kier alpha value is -6.10. The number of hydrogen-bond donors (Lipinski definition) is 3. The van der Waals surface area contributed by atoms with Crippen LogP contribution in [0.5, 0.6) is 0 Å². The van der Waals surface area contributed by atoms with E-state index in [9.17, 15) is 43.2 Å². The van der Waals surface area contributed by atoms with Crippen molar-refractivity contribution in [2.45, 2.75) is 290 Å². The van der Waals surface area contributed by atoms with Crippen LogP contribution in [-0.2, 0) is 65.4 Å². The highest BCUT2D eigenvalue weighted by Gasteiger charge is 2.30. The van der Waals surface area contributed by atoms with Crippen molar-refractivity contribution in [2.75, 3.05) is 39.6 Å². The molecule has 106 heavy (non-hydrogen) atoms. The highest BCUT2D eigenvalue weighted by molar-refractivity contribution is 7.47. The third-order valence-electron chi connectivity index (χ3n) is 15.5. The number of phosphoric ester groups is 2. The van der Waals surface area contributed by atoms with Crippen LogP contribution in [0.1, 0.15) is 272 Å². The molecule has 0 aliphatic rings. The van der Waals surface area contributed by atoms with Gasteiger partial charge in [0.25, 0.3) is 0 Å². The summed E-state index contributed by atoms with van der Waals surface area (Å²) in [5.74, 6) is -2.39. The second-order valence-corrected chi connectivity index (χ2v) is 28.4. The van der Waals surface area contributed by atoms with E-state index in [1.165, 1.54) is 0 Å². The van der Waals surface area contributed by atoms with Crippen LogP contribution < -0.4 is 0 Å². The van der Waals surface area contributed by atoms with Gasteiger partial charge in [-0.1, -0.05) is 280 Å². The summed E-state index contributed by atoms with van der Waals surface area (Å²) in [5.41, 5.74) is 0. The van der Waals surface area contributed by atoms with Gasteiger partial charge in [0, 0.05) is 25.7 Å². The molecule has 5 atom stereocenters. The Balaban J connectivity index is 5.51. The lowest BCUT2D eigenvalue weighted by Gasteiger charge is -2.21. The van der Waals surface area contributed by atoms with Crippen LogP contribution in [0, 0.1) is 0 Å². The maximum absolute atomic E-state index is 13.1. The zero-order chi connectivity index (χ0) is 77.4. The van der Waals surface area contributed by atoms with E-state index in [1.807, 2.05) is 30.4 Å². The molecule has 3 N–H and O–H groups in total. The van der Waals surface area contributed by atoms with Crippen molar-refractivity contribution in [3.8, 4) is 0 Å². The molecule has 0 saturated carbocycles. The van der Waals surface area contributed by atoms with Gasteiger partial charge in [0.1, 0.15) is 19.3 Å². The molecule has 19 heteroatoms. The Labute approximate surface area is 640 Å². The van der Waals surface area contributed by atoms with Gasteiger partial charge in [-0.2, -0.15) is 0 Å². The van der Waals surface area contributed by atoms with Crippen LogP contribution in [0.15, 0.2) is 194 Å². The van der Waals surface area contributed by atoms with Gasteiger partial charge in [-0.25, -0.2) is 9.13 Å². The van der Waals surface area contributed by atoms with Crippen molar-refractivity contribution >= 4 is 39.5 Å². The largest absolute Gasteiger partial charge is 0.472 e. The molecule has 0 radical (unpaired) electrons. The van der Waals surface area contributed by atoms with Gasteiger partial charge in [-0.05, 0) is 161 Å². The van der Waals surface area contributed by atoms with Crippen LogP contribution >= 0.6 is 15.6 Å². The molecule has 0 amide bonds. The number of aliphatic hydroxyl groups excluding tert-OH is 1. The maximum Gasteiger partial charge on any atom is 0.472 e. The molecular formula is C87H138O17P2. The Morgan fingerprint density at radius 3 is 0.840 bits per heavy atom. The number of hydrogen-bond acceptors (Lipinski definition) is 15. The number of esters is 4. The van der Waals surface area contributed by atoms with Gasteiger partial charge in [0.2, 0.25) is 0 Å². The van der Waals surface area contributed by atoms with E-state index in [2.05, 4.69) is 192 Å². The molecule has 0 rings (SSSR count). The number of carbonyl (C=O) groups is 4. The highest BCUT2D eigenvalue weighted by atomic mass is 31.2. The van der Waals surface area contributed by atoms with E-state index < -0.39 is 97.5 Å². The molecule has 17 nitrogen and oxygen atoms in total. The van der Waals surface area contributed by atoms with Gasteiger partial charge in [0.05, 0.1) is 26.4 Å². The molecular weight excluding hydrogens is 1380 g/mol. The topological polar surface area (TPSA) is 237 Å². The van der Waals surface area contributed by atoms with E-state index in [4.69, 9.17) is 37.0 Å². The summed E-state index contributed by atoms with van der Waals surface area (Å²) in [4.78, 5) is 73.0. The normalized spacial score (nSPS) is 14.9. The van der Waals surface area contributed by atoms with Gasteiger partial charge >= 0.3 is 39.5 Å². The second kappa shape index (κ2) is 77.1. The fourth-order valence-corrected chi connectivity index (χ4v) is 11.2. The first-order chi connectivity index (χ1) is 51.7. The van der Waals surface area contributed by atoms with Crippen molar-refractivity contribution in [1.29, 1.82) is 0 Å². The summed E-state index contributed by atoms with van der Waals surface area (Å²) in [6.07, 6.45) is 94.3. The number of unbranched alkanes of at least 4 members (excludes halogenated alkanes) is 14. The van der Waals surface area contributed by atoms with E-state index in [0.717, 1.165) is 180 Å². The fourth-order valence-electron chi connectivity index (χ4n) is 9.63. The number of carbonyl (C=O) groups excluding carboxylic acids is 4. The summed E-state index contributed by atoms with van der Waals surface area (Å²) >= 11 is 0. The summed E-state index contributed by atoms with van der Waals surface area (Å²) in [5, 5.41) is 10.6. The SMILES string of the molecule is CC/C=C\C/C=C\C/C=C\C/C=C\C/C=C\C/C=C\CCC(=O)OCC(COP(=O)(O)OCC(O)COP(=O)(O)OCC(COC(=O)CCC/C=C\C/C=C\C/C=C\C/C=C\C/C=C\CC)OC(=O)CCCCCCC/C=C\C/C=C\CCC)OC(=O)CCCCCCCCC/C=C\C/C=C\C/C=C\CC. The van der Waals surface area contributed by atoms with E-state index in [-0.39, 0.29) is 25.7 Å². The molecule has 0 saturated heterocycles. The summed E-state index contributed by atoms with van der Waals surface area (Å²) in [6, 6.07) is 0. The average Bonchev–Trinajstić information content (AvgIpc) is 0.907. The van der Waals surface area contributed by atoms with Crippen molar-refractivity contribution in [2.24, 2.45) is 0 Å². The first-order valence-corrected chi connectivity index (χ1v) is 42.7. The molecule has 5 unspecified atom stereocenters. The number of aliphatic hydroxyl groups is 1. The predicted octanol–water partition coefficient (Wildman–Crippen LogP) is 23.3.